The summed E-state index contributed by atoms with van der Waals surface area (Å²) in [6, 6.07) is 0. The lowest BCUT2D eigenvalue weighted by molar-refractivity contribution is -0.132. The van der Waals surface area contributed by atoms with Crippen molar-refractivity contribution in [1.29, 1.82) is 0 Å². The average Bonchev–Trinajstić information content (AvgIpc) is 2.13. The molecule has 14 heavy (non-hydrogen) atoms. The number of unbranched alkanes of at least 4 members (excludes halogenated alkanes) is 5. The Morgan fingerprint density at radius 1 is 1.07 bits per heavy atom. The maximum Gasteiger partial charge on any atom is 0.330 e. The molecule has 0 amide bonds. The third-order valence-electron chi connectivity index (χ3n) is 1.82. The lowest BCUT2D eigenvalue weighted by Crippen LogP contribution is -1.92. The third-order valence-corrected chi connectivity index (χ3v) is 1.82. The predicted molar refractivity (Wildman–Crippen MR) is 61.5 cm³/mol. The molecule has 2 nitrogen and oxygen atoms in total. The van der Waals surface area contributed by atoms with Crippen LogP contribution in [0.3, 0.4) is 0 Å². The van der Waals surface area contributed by atoms with Gasteiger partial charge in [0.1, 0.15) is 0 Å². The van der Waals surface area contributed by atoms with Crippen molar-refractivity contribution in [1.82, 2.24) is 0 Å². The molecule has 2 heteroatoms. The highest BCUT2D eigenvalue weighted by Gasteiger charge is 1.90. The fraction of sp³-hybridized carbons (Fsp3) is 0.750. The molecule has 0 atom stereocenters. The molecule has 0 aromatic heterocycles. The Hall–Kier alpha value is -0.790. The van der Waals surface area contributed by atoms with E-state index in [4.69, 9.17) is 5.11 Å². The zero-order valence-corrected chi connectivity index (χ0v) is 9.81. The minimum atomic E-state index is -0.935. The van der Waals surface area contributed by atoms with Gasteiger partial charge in [-0.1, -0.05) is 59.0 Å². The first-order valence-electron chi connectivity index (χ1n) is 5.45. The molecule has 0 aromatic carbocycles. The summed E-state index contributed by atoms with van der Waals surface area (Å²) in [6.07, 6.45) is 8.49. The summed E-state index contributed by atoms with van der Waals surface area (Å²) in [4.78, 5) is 9.60. The fourth-order valence-electron chi connectivity index (χ4n) is 0.854. The van der Waals surface area contributed by atoms with Crippen LogP contribution in [0.2, 0.25) is 0 Å². The van der Waals surface area contributed by atoms with Gasteiger partial charge in [-0.3, -0.25) is 0 Å². The Labute approximate surface area is 88.0 Å². The van der Waals surface area contributed by atoms with E-state index in [1.54, 1.807) is 0 Å². The molecule has 1 N–H and O–H groups in total. The largest absolute Gasteiger partial charge is 0.478 e. The molecule has 0 saturated heterocycles. The van der Waals surface area contributed by atoms with Crippen LogP contribution in [0, 0.1) is 0 Å². The zero-order valence-electron chi connectivity index (χ0n) is 9.81. The quantitative estimate of drug-likeness (QED) is 0.519. The van der Waals surface area contributed by atoms with Crippen molar-refractivity contribution in [3.05, 3.63) is 12.2 Å². The average molecular weight is 200 g/mol. The predicted octanol–water partition coefficient (Wildman–Crippen LogP) is 4.01. The highest BCUT2D eigenvalue weighted by Crippen LogP contribution is 2.03. The zero-order chi connectivity index (χ0) is 11.4. The summed E-state index contributed by atoms with van der Waals surface area (Å²) < 4.78 is 0. The first kappa shape index (κ1) is 15.7. The lowest BCUT2D eigenvalue weighted by Gasteiger charge is -1.93. The fourth-order valence-corrected chi connectivity index (χ4v) is 0.854. The maximum atomic E-state index is 9.60. The van der Waals surface area contributed by atoms with Gasteiger partial charge in [0.2, 0.25) is 0 Å². The molecule has 0 radical (unpaired) electrons. The van der Waals surface area contributed by atoms with E-state index in [0.717, 1.165) is 0 Å². The normalized spacial score (nSPS) is 8.79. The standard InChI is InChI=1S/C8H18.C4H6O2/c1-3-5-7-8-6-4-2;1-3(2)4(5)6/h3-8H2,1-2H3;1H2,2H3,(H,5,6). The SMILES string of the molecule is C=C(C)C(=O)O.CCCCCCCC. The highest BCUT2D eigenvalue weighted by molar-refractivity contribution is 5.84. The number of carbonyl (C=O) groups is 1. The van der Waals surface area contributed by atoms with Gasteiger partial charge in [0.15, 0.2) is 0 Å². The second-order valence-corrected chi connectivity index (χ2v) is 3.50. The molecule has 84 valence electrons. The van der Waals surface area contributed by atoms with Crippen molar-refractivity contribution >= 4 is 5.97 Å². The number of hydrogen-bond donors (Lipinski definition) is 1. The summed E-state index contributed by atoms with van der Waals surface area (Å²) in [6.45, 7) is 9.11. The van der Waals surface area contributed by atoms with Crippen molar-refractivity contribution in [2.75, 3.05) is 0 Å². The van der Waals surface area contributed by atoms with Gasteiger partial charge in [-0.05, 0) is 6.92 Å². The van der Waals surface area contributed by atoms with Crippen molar-refractivity contribution < 1.29 is 9.90 Å². The molecule has 0 aliphatic carbocycles. The summed E-state index contributed by atoms with van der Waals surface area (Å²) in [5, 5.41) is 7.89. The van der Waals surface area contributed by atoms with Crippen LogP contribution in [0.15, 0.2) is 12.2 Å². The molecule has 0 unspecified atom stereocenters. The maximum absolute atomic E-state index is 9.60. The van der Waals surface area contributed by atoms with Gasteiger partial charge in [-0.2, -0.15) is 0 Å². The van der Waals surface area contributed by atoms with Crippen molar-refractivity contribution in [2.24, 2.45) is 0 Å². The van der Waals surface area contributed by atoms with Crippen molar-refractivity contribution in [2.45, 2.75) is 59.3 Å². The van der Waals surface area contributed by atoms with Crippen LogP contribution in [-0.4, -0.2) is 11.1 Å². The van der Waals surface area contributed by atoms with Crippen LogP contribution in [0.25, 0.3) is 0 Å². The molecule has 0 aromatic rings. The summed E-state index contributed by atoms with van der Waals surface area (Å²) in [7, 11) is 0. The van der Waals surface area contributed by atoms with E-state index >= 15 is 0 Å². The number of rotatable bonds is 6. The lowest BCUT2D eigenvalue weighted by atomic mass is 10.1. The number of hydrogen-bond acceptors (Lipinski definition) is 1. The highest BCUT2D eigenvalue weighted by atomic mass is 16.4. The number of aliphatic carboxylic acids is 1. The van der Waals surface area contributed by atoms with E-state index in [-0.39, 0.29) is 5.57 Å². The van der Waals surface area contributed by atoms with Crippen LogP contribution >= 0.6 is 0 Å². The van der Waals surface area contributed by atoms with Gasteiger partial charge in [-0.25, -0.2) is 4.79 Å². The van der Waals surface area contributed by atoms with E-state index in [1.165, 1.54) is 45.4 Å². The molecule has 0 aliphatic heterocycles. The second kappa shape index (κ2) is 12.2. The van der Waals surface area contributed by atoms with Gasteiger partial charge in [0, 0.05) is 5.57 Å². The van der Waals surface area contributed by atoms with E-state index < -0.39 is 5.97 Å². The van der Waals surface area contributed by atoms with E-state index in [1.807, 2.05) is 0 Å². The summed E-state index contributed by atoms with van der Waals surface area (Å²) >= 11 is 0. The number of carboxylic acids is 1. The van der Waals surface area contributed by atoms with Crippen LogP contribution in [0.4, 0.5) is 0 Å². The Morgan fingerprint density at radius 2 is 1.36 bits per heavy atom. The van der Waals surface area contributed by atoms with Gasteiger partial charge < -0.3 is 5.11 Å². The molecule has 0 saturated carbocycles. The molecule has 0 fully saturated rings. The Kier molecular flexibility index (Phi) is 13.7. The first-order valence-corrected chi connectivity index (χ1v) is 5.45. The monoisotopic (exact) mass is 200 g/mol. The van der Waals surface area contributed by atoms with Crippen LogP contribution < -0.4 is 0 Å². The molecule has 0 rings (SSSR count). The van der Waals surface area contributed by atoms with Crippen molar-refractivity contribution in [3.8, 4) is 0 Å². The molecule has 0 aliphatic rings. The molecule has 0 heterocycles. The van der Waals surface area contributed by atoms with E-state index in [2.05, 4.69) is 20.4 Å². The summed E-state index contributed by atoms with van der Waals surface area (Å²) in [5.41, 5.74) is 0.176. The third kappa shape index (κ3) is 17.3. The van der Waals surface area contributed by atoms with E-state index in [0.29, 0.717) is 0 Å². The Morgan fingerprint density at radius 3 is 1.50 bits per heavy atom. The first-order chi connectivity index (χ1) is 6.56. The van der Waals surface area contributed by atoms with Gasteiger partial charge in [0.05, 0.1) is 0 Å². The summed E-state index contributed by atoms with van der Waals surface area (Å²) in [5.74, 6) is -0.935. The minimum absolute atomic E-state index is 0.176. The molecular weight excluding hydrogens is 176 g/mol. The van der Waals surface area contributed by atoms with Crippen LogP contribution in [0.1, 0.15) is 59.3 Å². The topological polar surface area (TPSA) is 37.3 Å². The minimum Gasteiger partial charge on any atom is -0.478 e. The van der Waals surface area contributed by atoms with E-state index in [9.17, 15) is 4.79 Å². The smallest absolute Gasteiger partial charge is 0.330 e. The molecule has 0 spiro atoms. The second-order valence-electron chi connectivity index (χ2n) is 3.50. The van der Waals surface area contributed by atoms with Crippen LogP contribution in [-0.2, 0) is 4.79 Å². The molecular formula is C12H24O2. The Balaban J connectivity index is 0. The van der Waals surface area contributed by atoms with Crippen LogP contribution in [0.5, 0.6) is 0 Å². The van der Waals surface area contributed by atoms with Gasteiger partial charge in [-0.15, -0.1) is 0 Å². The van der Waals surface area contributed by atoms with Gasteiger partial charge >= 0.3 is 5.97 Å². The number of carboxylic acid groups (broad SMARTS) is 1. The van der Waals surface area contributed by atoms with Gasteiger partial charge in [0.25, 0.3) is 0 Å². The Bertz CT molecular complexity index is 132. The molecule has 0 bridgehead atoms. The van der Waals surface area contributed by atoms with Crippen molar-refractivity contribution in [3.63, 3.8) is 0 Å².